The Bertz CT molecular complexity index is 1110. The number of aryl methyl sites for hydroxylation is 1. The van der Waals surface area contributed by atoms with Crippen molar-refractivity contribution < 1.29 is 46.6 Å². The van der Waals surface area contributed by atoms with Crippen LogP contribution in [0.5, 0.6) is 5.75 Å². The molecule has 0 spiro atoms. The van der Waals surface area contributed by atoms with E-state index >= 15 is 0 Å². The van der Waals surface area contributed by atoms with Gasteiger partial charge in [0.1, 0.15) is 6.04 Å². The number of aliphatic imine (C=N–C) groups is 1. The van der Waals surface area contributed by atoms with Crippen LogP contribution < -0.4 is 21.1 Å². The lowest BCUT2D eigenvalue weighted by atomic mass is 9.83. The van der Waals surface area contributed by atoms with E-state index in [2.05, 4.69) is 15.6 Å². The van der Waals surface area contributed by atoms with Crippen LogP contribution >= 0.6 is 0 Å². The number of methoxy groups -OCH3 is 1. The van der Waals surface area contributed by atoms with E-state index in [-0.39, 0.29) is 48.2 Å². The minimum Gasteiger partial charge on any atom is -0.494 e. The molecule has 1 aliphatic carbocycles. The number of carbonyl (C=O) groups is 4. The number of carbonyl (C=O) groups excluding carboxylic acids is 3. The smallest absolute Gasteiger partial charge is 0.490 e. The summed E-state index contributed by atoms with van der Waals surface area (Å²) >= 11 is 0. The molecule has 0 radical (unpaired) electrons. The van der Waals surface area contributed by atoms with Gasteiger partial charge in [0.05, 0.1) is 7.11 Å². The van der Waals surface area contributed by atoms with Crippen molar-refractivity contribution in [1.29, 1.82) is 0 Å². The third-order valence-electron chi connectivity index (χ3n) is 6.85. The molecule has 1 aromatic carbocycles. The van der Waals surface area contributed by atoms with Gasteiger partial charge in [0.2, 0.25) is 11.8 Å². The molecule has 0 aromatic heterocycles. The zero-order chi connectivity index (χ0) is 30.6. The number of aliphatic carboxylic acids is 1. The van der Waals surface area contributed by atoms with Crippen LogP contribution in [0.3, 0.4) is 0 Å². The molecule has 0 bridgehead atoms. The first-order valence-corrected chi connectivity index (χ1v) is 13.4. The van der Waals surface area contributed by atoms with E-state index in [0.717, 1.165) is 31.2 Å². The summed E-state index contributed by atoms with van der Waals surface area (Å²) in [5.74, 6) is -3.19. The van der Waals surface area contributed by atoms with E-state index in [0.29, 0.717) is 31.6 Å². The monoisotopic (exact) mass is 588 g/mol. The van der Waals surface area contributed by atoms with Gasteiger partial charge >= 0.3 is 12.1 Å². The van der Waals surface area contributed by atoms with Crippen molar-refractivity contribution in [2.24, 2.45) is 16.6 Å². The van der Waals surface area contributed by atoms with Gasteiger partial charge in [-0.2, -0.15) is 13.2 Å². The summed E-state index contributed by atoms with van der Waals surface area (Å²) in [6, 6.07) is 3.72. The predicted molar refractivity (Wildman–Crippen MR) is 140 cm³/mol. The summed E-state index contributed by atoms with van der Waals surface area (Å²) in [5, 5.41) is 12.4. The number of hydrogen-bond acceptors (Lipinski definition) is 6. The van der Waals surface area contributed by atoms with Crippen LogP contribution in [0.25, 0.3) is 0 Å². The molecule has 1 saturated carbocycles. The first-order chi connectivity index (χ1) is 19.3. The van der Waals surface area contributed by atoms with Gasteiger partial charge in [-0.3, -0.25) is 19.7 Å². The van der Waals surface area contributed by atoms with E-state index in [1.807, 2.05) is 0 Å². The number of carboxylic acids is 1. The molecule has 14 heteroatoms. The fourth-order valence-corrected chi connectivity index (χ4v) is 4.74. The summed E-state index contributed by atoms with van der Waals surface area (Å²) in [6.45, 7) is 0. The number of guanidine groups is 1. The molecule has 2 amide bonds. The van der Waals surface area contributed by atoms with Crippen molar-refractivity contribution in [2.75, 3.05) is 7.11 Å². The molecule has 2 aliphatic rings. The zero-order valence-electron chi connectivity index (χ0n) is 22.8. The van der Waals surface area contributed by atoms with Crippen molar-refractivity contribution >= 4 is 29.5 Å². The van der Waals surface area contributed by atoms with Crippen molar-refractivity contribution in [1.82, 2.24) is 10.6 Å². The molecule has 41 heavy (non-hydrogen) atoms. The fraction of sp³-hybridized carbons (Fsp3) is 0.593. The average molecular weight is 589 g/mol. The summed E-state index contributed by atoms with van der Waals surface area (Å²) < 4.78 is 50.4. The molecule has 1 saturated heterocycles. The number of Topliss-reactive ketones (excluding diaryl/α,β-unsaturated/α-hetero) is 1. The molecular formula is C27H36F4N4O6. The number of halogens is 4. The fourth-order valence-electron chi connectivity index (χ4n) is 4.74. The molecule has 1 aliphatic heterocycles. The van der Waals surface area contributed by atoms with Crippen LogP contribution in [-0.2, 0) is 25.6 Å². The zero-order valence-corrected chi connectivity index (χ0v) is 22.8. The van der Waals surface area contributed by atoms with E-state index in [1.165, 1.54) is 19.6 Å². The lowest BCUT2D eigenvalue weighted by molar-refractivity contribution is -0.192. The topological polar surface area (TPSA) is 160 Å². The normalized spacial score (nSPS) is 18.5. The number of nitrogens with two attached hydrogens (primary N) is 1. The number of ketones is 1. The Morgan fingerprint density at radius 3 is 2.41 bits per heavy atom. The van der Waals surface area contributed by atoms with Gasteiger partial charge in [-0.15, -0.1) is 0 Å². The number of carboxylic acid groups (broad SMARTS) is 1. The number of benzene rings is 1. The highest BCUT2D eigenvalue weighted by Gasteiger charge is 2.38. The van der Waals surface area contributed by atoms with Crippen LogP contribution in [0, 0.1) is 11.7 Å². The van der Waals surface area contributed by atoms with Crippen molar-refractivity contribution in [3.8, 4) is 5.75 Å². The predicted octanol–water partition coefficient (Wildman–Crippen LogP) is 3.41. The second kappa shape index (κ2) is 15.9. The number of amides is 2. The average Bonchev–Trinajstić information content (AvgIpc) is 3.31. The van der Waals surface area contributed by atoms with Gasteiger partial charge in [-0.05, 0) is 42.9 Å². The number of rotatable bonds is 10. The highest BCUT2D eigenvalue weighted by Crippen LogP contribution is 2.29. The Morgan fingerprint density at radius 1 is 1.20 bits per heavy atom. The SMILES string of the molecule is COc1cc(CCC(=O)[C@@H](CC2CCCCC2)N=C(N)NC(=O)C[C@@H]2CCC(=O)N2)ccc1F.O=C(O)C(F)(F)F. The van der Waals surface area contributed by atoms with E-state index in [9.17, 15) is 31.9 Å². The second-order valence-corrected chi connectivity index (χ2v) is 10.1. The van der Waals surface area contributed by atoms with Gasteiger partial charge in [0.15, 0.2) is 23.3 Å². The number of hydrogen-bond donors (Lipinski definition) is 4. The Kier molecular flexibility index (Phi) is 13.0. The molecule has 3 rings (SSSR count). The van der Waals surface area contributed by atoms with E-state index < -0.39 is 24.0 Å². The summed E-state index contributed by atoms with van der Waals surface area (Å²) in [5.41, 5.74) is 6.80. The first kappa shape index (κ1) is 33.5. The van der Waals surface area contributed by atoms with Crippen LogP contribution in [0.1, 0.15) is 69.8 Å². The standard InChI is InChI=1S/C25H35FN4O4.C2HF3O2/c1-34-22-14-17(7-10-19(22)26)8-11-21(31)20(13-16-5-3-2-4-6-16)29-25(27)30-24(33)15-18-9-12-23(32)28-18;3-2(4,5)1(6)7/h7,10,14,16,18,20H,2-6,8-9,11-13,15H2,1H3,(H,28,32)(H3,27,29,30,33);(H,6,7)/t18-,20+;/m0./s1. The third kappa shape index (κ3) is 12.1. The summed E-state index contributed by atoms with van der Waals surface area (Å²) in [7, 11) is 1.40. The number of alkyl halides is 3. The van der Waals surface area contributed by atoms with Crippen LogP contribution in [-0.4, -0.2) is 60.0 Å². The van der Waals surface area contributed by atoms with Crippen LogP contribution in [0.4, 0.5) is 17.6 Å². The molecular weight excluding hydrogens is 552 g/mol. The Morgan fingerprint density at radius 2 is 1.85 bits per heavy atom. The van der Waals surface area contributed by atoms with Gasteiger partial charge in [-0.1, -0.05) is 38.2 Å². The quantitative estimate of drug-likeness (QED) is 0.185. The molecule has 0 unspecified atom stereocenters. The molecule has 2 atom stereocenters. The Hall–Kier alpha value is -3.71. The highest BCUT2D eigenvalue weighted by molar-refractivity contribution is 5.98. The molecule has 5 N–H and O–H groups in total. The van der Waals surface area contributed by atoms with Gasteiger partial charge in [0.25, 0.3) is 0 Å². The molecule has 2 fully saturated rings. The molecule has 1 aromatic rings. The van der Waals surface area contributed by atoms with Gasteiger partial charge in [-0.25, -0.2) is 14.2 Å². The maximum absolute atomic E-state index is 13.7. The lowest BCUT2D eigenvalue weighted by Crippen LogP contribution is -2.41. The third-order valence-corrected chi connectivity index (χ3v) is 6.85. The maximum Gasteiger partial charge on any atom is 0.490 e. The van der Waals surface area contributed by atoms with Crippen molar-refractivity contribution in [2.45, 2.75) is 88.9 Å². The Balaban J connectivity index is 0.000000745. The molecule has 10 nitrogen and oxygen atoms in total. The number of nitrogens with zero attached hydrogens (tertiary/aromatic N) is 1. The van der Waals surface area contributed by atoms with Gasteiger partial charge in [0, 0.05) is 25.3 Å². The minimum absolute atomic E-state index is 0.0589. The van der Waals surface area contributed by atoms with Crippen molar-refractivity contribution in [3.05, 3.63) is 29.6 Å². The second-order valence-electron chi connectivity index (χ2n) is 10.1. The van der Waals surface area contributed by atoms with Gasteiger partial charge < -0.3 is 20.9 Å². The van der Waals surface area contributed by atoms with E-state index in [1.54, 1.807) is 12.1 Å². The molecule has 1 heterocycles. The maximum atomic E-state index is 13.7. The first-order valence-electron chi connectivity index (χ1n) is 13.4. The molecule has 228 valence electrons. The van der Waals surface area contributed by atoms with Crippen LogP contribution in [0.15, 0.2) is 23.2 Å². The van der Waals surface area contributed by atoms with E-state index in [4.69, 9.17) is 20.4 Å². The number of nitrogens with one attached hydrogen (secondary N) is 2. The highest BCUT2D eigenvalue weighted by atomic mass is 19.4. The lowest BCUT2D eigenvalue weighted by Gasteiger charge is -2.24. The summed E-state index contributed by atoms with van der Waals surface area (Å²) in [6.07, 6.45) is 2.93. The largest absolute Gasteiger partial charge is 0.494 e. The Labute approximate surface area is 235 Å². The van der Waals surface area contributed by atoms with Crippen LogP contribution in [0.2, 0.25) is 0 Å². The number of ether oxygens (including phenoxy) is 1. The summed E-state index contributed by atoms with van der Waals surface area (Å²) in [4.78, 5) is 50.1. The minimum atomic E-state index is -5.08. The van der Waals surface area contributed by atoms with Crippen molar-refractivity contribution in [3.63, 3.8) is 0 Å².